The lowest BCUT2D eigenvalue weighted by molar-refractivity contribution is -0.156. The van der Waals surface area contributed by atoms with Gasteiger partial charge in [-0.15, -0.1) is 11.8 Å². The number of thioether (sulfide) groups is 1. The summed E-state index contributed by atoms with van der Waals surface area (Å²) < 4.78 is 14.7. The fourth-order valence-corrected chi connectivity index (χ4v) is 6.96. The molecule has 0 aliphatic carbocycles. The highest BCUT2D eigenvalue weighted by atomic mass is 32.2. The average molecular weight is 546 g/mol. The zero-order chi connectivity index (χ0) is 27.9. The third kappa shape index (κ3) is 4.50. The molecule has 1 aromatic rings. The first kappa shape index (κ1) is 27.5. The Morgan fingerprint density at radius 1 is 1.00 bits per heavy atom. The highest BCUT2D eigenvalue weighted by molar-refractivity contribution is 8.03. The van der Waals surface area contributed by atoms with E-state index < -0.39 is 24.1 Å². The van der Waals surface area contributed by atoms with Gasteiger partial charge in [-0.2, -0.15) is 0 Å². The number of hydrogen-bond donors (Lipinski definition) is 0. The standard InChI is InChI=1S/C26H31N3O8S/c1-13-19-14(2)22(30)29(19)20(25(33)36-5)21(13)38-17-11-18(28(12-17)26(34)37-6)23(31)27(3)16-9-7-8-15(10-16)24(32)35-4/h7-10,13-14,17-19H,11-12H2,1-6H3. The number of amides is 3. The second-order valence-corrected chi connectivity index (χ2v) is 10.9. The van der Waals surface area contributed by atoms with Crippen molar-refractivity contribution in [3.05, 3.63) is 40.4 Å². The molecule has 0 bridgehead atoms. The highest BCUT2D eigenvalue weighted by Gasteiger charge is 2.57. The van der Waals surface area contributed by atoms with Crippen LogP contribution in [0.5, 0.6) is 0 Å². The monoisotopic (exact) mass is 545 g/mol. The second kappa shape index (κ2) is 10.7. The minimum Gasteiger partial charge on any atom is -0.465 e. The molecule has 0 aromatic heterocycles. The van der Waals surface area contributed by atoms with E-state index in [4.69, 9.17) is 14.2 Å². The molecule has 3 aliphatic heterocycles. The molecule has 0 spiro atoms. The van der Waals surface area contributed by atoms with E-state index in [0.29, 0.717) is 17.7 Å². The molecule has 2 fully saturated rings. The summed E-state index contributed by atoms with van der Waals surface area (Å²) in [4.78, 5) is 68.4. The lowest BCUT2D eigenvalue weighted by Gasteiger charge is -2.43. The predicted molar refractivity (Wildman–Crippen MR) is 138 cm³/mol. The van der Waals surface area contributed by atoms with Crippen LogP contribution in [0.1, 0.15) is 30.6 Å². The number of anilines is 1. The largest absolute Gasteiger partial charge is 0.465 e. The molecule has 4 rings (SSSR count). The summed E-state index contributed by atoms with van der Waals surface area (Å²) in [6.45, 7) is 4.02. The van der Waals surface area contributed by atoms with Crippen LogP contribution in [-0.2, 0) is 28.6 Å². The summed E-state index contributed by atoms with van der Waals surface area (Å²) in [6.07, 6.45) is -0.337. The molecule has 0 radical (unpaired) electrons. The second-order valence-electron chi connectivity index (χ2n) is 9.53. The Kier molecular flexibility index (Phi) is 7.73. The molecule has 3 aliphatic rings. The van der Waals surface area contributed by atoms with Crippen LogP contribution in [0.3, 0.4) is 0 Å². The van der Waals surface area contributed by atoms with Gasteiger partial charge in [0.2, 0.25) is 11.8 Å². The smallest absolute Gasteiger partial charge is 0.410 e. The van der Waals surface area contributed by atoms with Gasteiger partial charge in [0.15, 0.2) is 0 Å². The number of nitrogens with zero attached hydrogens (tertiary/aromatic N) is 3. The minimum absolute atomic E-state index is 0.0909. The van der Waals surface area contributed by atoms with Crippen molar-refractivity contribution in [3.8, 4) is 0 Å². The van der Waals surface area contributed by atoms with Gasteiger partial charge in [0.05, 0.1) is 38.9 Å². The fourth-order valence-electron chi connectivity index (χ4n) is 5.44. The van der Waals surface area contributed by atoms with Crippen molar-refractivity contribution >= 4 is 47.3 Å². The van der Waals surface area contributed by atoms with Crippen molar-refractivity contribution in [3.63, 3.8) is 0 Å². The molecular weight excluding hydrogens is 514 g/mol. The number of carbonyl (C=O) groups excluding carboxylic acids is 5. The zero-order valence-corrected chi connectivity index (χ0v) is 22.9. The normalized spacial score (nSPS) is 26.1. The Hall–Kier alpha value is -3.54. The van der Waals surface area contributed by atoms with Gasteiger partial charge in [0.1, 0.15) is 11.7 Å². The maximum Gasteiger partial charge on any atom is 0.410 e. The summed E-state index contributed by atoms with van der Waals surface area (Å²) in [5, 5.41) is -0.237. The van der Waals surface area contributed by atoms with E-state index in [-0.39, 0.29) is 47.2 Å². The van der Waals surface area contributed by atoms with Crippen LogP contribution < -0.4 is 4.90 Å². The Bertz CT molecular complexity index is 1220. The Morgan fingerprint density at radius 2 is 1.68 bits per heavy atom. The number of rotatable bonds is 6. The molecule has 0 N–H and O–H groups in total. The van der Waals surface area contributed by atoms with Gasteiger partial charge in [0.25, 0.3) is 0 Å². The molecule has 5 atom stereocenters. The van der Waals surface area contributed by atoms with Crippen LogP contribution in [0.4, 0.5) is 10.5 Å². The van der Waals surface area contributed by atoms with E-state index in [2.05, 4.69) is 0 Å². The van der Waals surface area contributed by atoms with Crippen molar-refractivity contribution in [1.82, 2.24) is 9.80 Å². The summed E-state index contributed by atoms with van der Waals surface area (Å²) in [7, 11) is 5.38. The van der Waals surface area contributed by atoms with Crippen LogP contribution in [0.2, 0.25) is 0 Å². The fraction of sp³-hybridized carbons (Fsp3) is 0.500. The maximum absolute atomic E-state index is 13.6. The summed E-state index contributed by atoms with van der Waals surface area (Å²) in [5.74, 6) is -1.88. The number of likely N-dealkylation sites (tertiary alicyclic amines) is 1. The quantitative estimate of drug-likeness (QED) is 0.301. The third-order valence-electron chi connectivity index (χ3n) is 7.45. The van der Waals surface area contributed by atoms with Crippen LogP contribution in [0.25, 0.3) is 0 Å². The van der Waals surface area contributed by atoms with Gasteiger partial charge in [0, 0.05) is 35.4 Å². The molecule has 38 heavy (non-hydrogen) atoms. The van der Waals surface area contributed by atoms with Gasteiger partial charge in [-0.25, -0.2) is 14.4 Å². The van der Waals surface area contributed by atoms with Gasteiger partial charge >= 0.3 is 18.0 Å². The third-order valence-corrected chi connectivity index (χ3v) is 8.95. The van der Waals surface area contributed by atoms with Crippen LogP contribution in [0.15, 0.2) is 34.9 Å². The van der Waals surface area contributed by atoms with E-state index in [9.17, 15) is 24.0 Å². The van der Waals surface area contributed by atoms with E-state index in [0.717, 1.165) is 4.91 Å². The van der Waals surface area contributed by atoms with E-state index in [1.54, 1.807) is 31.3 Å². The highest BCUT2D eigenvalue weighted by Crippen LogP contribution is 2.51. The molecule has 2 saturated heterocycles. The number of benzene rings is 1. The number of esters is 2. The van der Waals surface area contributed by atoms with Crippen molar-refractivity contribution in [2.24, 2.45) is 11.8 Å². The van der Waals surface area contributed by atoms with Crippen molar-refractivity contribution in [2.75, 3.05) is 39.8 Å². The van der Waals surface area contributed by atoms with Crippen molar-refractivity contribution < 1.29 is 38.2 Å². The first-order valence-corrected chi connectivity index (χ1v) is 13.1. The van der Waals surface area contributed by atoms with E-state index in [1.807, 2.05) is 13.8 Å². The predicted octanol–water partition coefficient (Wildman–Crippen LogP) is 2.26. The number of methoxy groups -OCH3 is 3. The Labute approximate surface area is 225 Å². The number of hydrogen-bond acceptors (Lipinski definition) is 9. The van der Waals surface area contributed by atoms with Crippen molar-refractivity contribution in [1.29, 1.82) is 0 Å². The molecule has 204 valence electrons. The Morgan fingerprint density at radius 3 is 2.32 bits per heavy atom. The number of fused-ring (bicyclic) bond motifs is 1. The topological polar surface area (TPSA) is 123 Å². The van der Waals surface area contributed by atoms with Crippen LogP contribution in [0, 0.1) is 11.8 Å². The Balaban J connectivity index is 1.59. The first-order chi connectivity index (χ1) is 18.0. The summed E-state index contributed by atoms with van der Waals surface area (Å²) in [5.41, 5.74) is 1.00. The van der Waals surface area contributed by atoms with Crippen LogP contribution in [-0.4, -0.2) is 91.9 Å². The molecule has 5 unspecified atom stereocenters. The molecule has 11 nitrogen and oxygen atoms in total. The van der Waals surface area contributed by atoms with Gasteiger partial charge in [-0.1, -0.05) is 19.9 Å². The van der Waals surface area contributed by atoms with Gasteiger partial charge in [-0.05, 0) is 24.6 Å². The molecule has 0 saturated carbocycles. The zero-order valence-electron chi connectivity index (χ0n) is 22.1. The summed E-state index contributed by atoms with van der Waals surface area (Å²) in [6, 6.07) is 5.50. The molecule has 12 heteroatoms. The van der Waals surface area contributed by atoms with Crippen molar-refractivity contribution in [2.45, 2.75) is 37.6 Å². The minimum atomic E-state index is -0.830. The summed E-state index contributed by atoms with van der Waals surface area (Å²) >= 11 is 1.40. The lowest BCUT2D eigenvalue weighted by Crippen LogP contribution is -2.59. The number of likely N-dealkylation sites (N-methyl/N-ethyl adjacent to an activating group) is 1. The SMILES string of the molecule is COC(=O)C1=C(SC2CC(C(=O)N(C)c3cccc(C(=O)OC)c3)N(C(=O)OC)C2)C(C)C2C(C)C(=O)N12. The van der Waals surface area contributed by atoms with Crippen LogP contribution >= 0.6 is 11.8 Å². The maximum atomic E-state index is 13.6. The number of ether oxygens (including phenoxy) is 3. The lowest BCUT2D eigenvalue weighted by atomic mass is 9.84. The van der Waals surface area contributed by atoms with Gasteiger partial charge in [-0.3, -0.25) is 14.5 Å². The van der Waals surface area contributed by atoms with E-state index in [1.165, 1.54) is 47.8 Å². The number of carbonyl (C=O) groups is 5. The molecular formula is C26H31N3O8S. The molecule has 3 heterocycles. The number of β-lactam (4-membered cyclic amide) rings is 1. The first-order valence-electron chi connectivity index (χ1n) is 12.2. The average Bonchev–Trinajstić information content (AvgIpc) is 3.48. The molecule has 3 amide bonds. The van der Waals surface area contributed by atoms with Gasteiger partial charge < -0.3 is 24.0 Å². The molecule has 1 aromatic carbocycles. The van der Waals surface area contributed by atoms with E-state index >= 15 is 0 Å².